The maximum atomic E-state index is 11.4. The lowest BCUT2D eigenvalue weighted by atomic mass is 10.2. The van der Waals surface area contributed by atoms with Crippen molar-refractivity contribution in [1.29, 1.82) is 0 Å². The van der Waals surface area contributed by atoms with Crippen LogP contribution in [0.15, 0.2) is 24.5 Å². The van der Waals surface area contributed by atoms with Crippen molar-refractivity contribution in [2.45, 2.75) is 26.3 Å². The van der Waals surface area contributed by atoms with E-state index in [1.165, 1.54) is 0 Å². The van der Waals surface area contributed by atoms with Crippen LogP contribution < -0.4 is 5.73 Å². The number of rotatable bonds is 5. The number of amides is 1. The fraction of sp³-hybridized carbons (Fsp3) is 0.333. The molecule has 0 unspecified atom stereocenters. The molecule has 0 aliphatic rings. The second kappa shape index (κ2) is 5.39. The molecule has 0 atom stereocenters. The molecule has 2 heterocycles. The SMILES string of the molecule is CCCc1cc(C(N)=O)n(Cc2ncccn2)n1. The van der Waals surface area contributed by atoms with E-state index in [0.29, 0.717) is 18.1 Å². The Morgan fingerprint density at radius 2 is 2.11 bits per heavy atom. The summed E-state index contributed by atoms with van der Waals surface area (Å²) in [4.78, 5) is 19.6. The van der Waals surface area contributed by atoms with Gasteiger partial charge in [0.05, 0.1) is 5.69 Å². The van der Waals surface area contributed by atoms with Gasteiger partial charge in [0.25, 0.3) is 5.91 Å². The number of hydrogen-bond donors (Lipinski definition) is 1. The molecule has 2 rings (SSSR count). The van der Waals surface area contributed by atoms with Gasteiger partial charge in [-0.05, 0) is 18.6 Å². The Labute approximate surface area is 105 Å². The number of carbonyl (C=O) groups excluding carboxylic acids is 1. The van der Waals surface area contributed by atoms with Gasteiger partial charge in [0.15, 0.2) is 0 Å². The number of aryl methyl sites for hydroxylation is 1. The Morgan fingerprint density at radius 3 is 2.72 bits per heavy atom. The van der Waals surface area contributed by atoms with Crippen LogP contribution in [0.5, 0.6) is 0 Å². The molecule has 1 amide bonds. The maximum Gasteiger partial charge on any atom is 0.267 e. The Morgan fingerprint density at radius 1 is 1.39 bits per heavy atom. The van der Waals surface area contributed by atoms with Crippen molar-refractivity contribution in [1.82, 2.24) is 19.7 Å². The van der Waals surface area contributed by atoms with Crippen molar-refractivity contribution in [2.75, 3.05) is 0 Å². The highest BCUT2D eigenvalue weighted by Crippen LogP contribution is 2.08. The highest BCUT2D eigenvalue weighted by atomic mass is 16.1. The highest BCUT2D eigenvalue weighted by molar-refractivity contribution is 5.91. The van der Waals surface area contributed by atoms with Crippen LogP contribution in [-0.2, 0) is 13.0 Å². The van der Waals surface area contributed by atoms with Crippen LogP contribution in [-0.4, -0.2) is 25.7 Å². The minimum absolute atomic E-state index is 0.350. The first kappa shape index (κ1) is 12.2. The van der Waals surface area contributed by atoms with E-state index in [-0.39, 0.29) is 0 Å². The second-order valence-corrected chi connectivity index (χ2v) is 3.96. The van der Waals surface area contributed by atoms with Gasteiger partial charge in [-0.1, -0.05) is 13.3 Å². The summed E-state index contributed by atoms with van der Waals surface area (Å²) in [5.41, 5.74) is 6.59. The zero-order valence-electron chi connectivity index (χ0n) is 10.2. The fourth-order valence-corrected chi connectivity index (χ4v) is 1.71. The molecular weight excluding hydrogens is 230 g/mol. The van der Waals surface area contributed by atoms with Crippen molar-refractivity contribution in [3.8, 4) is 0 Å². The molecule has 0 spiro atoms. The van der Waals surface area contributed by atoms with Crippen molar-refractivity contribution >= 4 is 5.91 Å². The van der Waals surface area contributed by atoms with Gasteiger partial charge in [-0.3, -0.25) is 9.48 Å². The normalized spacial score (nSPS) is 10.5. The van der Waals surface area contributed by atoms with Crippen molar-refractivity contribution < 1.29 is 4.79 Å². The Hall–Kier alpha value is -2.24. The fourth-order valence-electron chi connectivity index (χ4n) is 1.71. The zero-order chi connectivity index (χ0) is 13.0. The third-order valence-electron chi connectivity index (χ3n) is 2.50. The summed E-state index contributed by atoms with van der Waals surface area (Å²) in [6.07, 6.45) is 5.10. The summed E-state index contributed by atoms with van der Waals surface area (Å²) in [6, 6.07) is 3.47. The molecule has 0 aliphatic heterocycles. The second-order valence-electron chi connectivity index (χ2n) is 3.96. The quantitative estimate of drug-likeness (QED) is 0.843. The van der Waals surface area contributed by atoms with E-state index in [4.69, 9.17) is 5.73 Å². The zero-order valence-corrected chi connectivity index (χ0v) is 10.2. The molecule has 0 saturated heterocycles. The van der Waals surface area contributed by atoms with Crippen LogP contribution in [0.1, 0.15) is 35.4 Å². The number of aromatic nitrogens is 4. The summed E-state index contributed by atoms with van der Waals surface area (Å²) < 4.78 is 1.56. The van der Waals surface area contributed by atoms with Crippen molar-refractivity contribution in [2.24, 2.45) is 5.73 Å². The van der Waals surface area contributed by atoms with Crippen LogP contribution in [0, 0.1) is 0 Å². The first-order chi connectivity index (χ1) is 8.70. The van der Waals surface area contributed by atoms with Gasteiger partial charge in [-0.2, -0.15) is 5.10 Å². The molecule has 2 aromatic rings. The number of hydrogen-bond acceptors (Lipinski definition) is 4. The van der Waals surface area contributed by atoms with E-state index in [2.05, 4.69) is 22.0 Å². The lowest BCUT2D eigenvalue weighted by Crippen LogP contribution is -2.18. The lowest BCUT2D eigenvalue weighted by Gasteiger charge is -2.03. The number of nitrogens with zero attached hydrogens (tertiary/aromatic N) is 4. The minimum atomic E-state index is -0.485. The molecule has 2 aromatic heterocycles. The first-order valence-electron chi connectivity index (χ1n) is 5.83. The van der Waals surface area contributed by atoms with E-state index < -0.39 is 5.91 Å². The molecule has 0 fully saturated rings. The van der Waals surface area contributed by atoms with E-state index in [1.54, 1.807) is 29.2 Å². The smallest absolute Gasteiger partial charge is 0.267 e. The van der Waals surface area contributed by atoms with Gasteiger partial charge in [0.1, 0.15) is 18.1 Å². The summed E-state index contributed by atoms with van der Waals surface area (Å²) in [5.74, 6) is 0.118. The monoisotopic (exact) mass is 245 g/mol. The summed E-state index contributed by atoms with van der Waals surface area (Å²) in [6.45, 7) is 2.41. The predicted octanol–water partition coefficient (Wildman–Crippen LogP) is 0.773. The number of primary amides is 1. The molecule has 0 aromatic carbocycles. The van der Waals surface area contributed by atoms with Crippen molar-refractivity contribution in [3.63, 3.8) is 0 Å². The first-order valence-corrected chi connectivity index (χ1v) is 5.83. The molecule has 0 radical (unpaired) electrons. The van der Waals surface area contributed by atoms with Gasteiger partial charge in [-0.25, -0.2) is 9.97 Å². The van der Waals surface area contributed by atoms with Gasteiger partial charge in [0, 0.05) is 12.4 Å². The van der Waals surface area contributed by atoms with Gasteiger partial charge < -0.3 is 5.73 Å². The summed E-state index contributed by atoms with van der Waals surface area (Å²) in [7, 11) is 0. The van der Waals surface area contributed by atoms with Gasteiger partial charge in [0.2, 0.25) is 0 Å². The third kappa shape index (κ3) is 2.71. The third-order valence-corrected chi connectivity index (χ3v) is 2.50. The van der Waals surface area contributed by atoms with E-state index in [9.17, 15) is 4.79 Å². The average Bonchev–Trinajstić information content (AvgIpc) is 2.74. The summed E-state index contributed by atoms with van der Waals surface area (Å²) >= 11 is 0. The molecule has 0 saturated carbocycles. The van der Waals surface area contributed by atoms with Crippen LogP contribution in [0.3, 0.4) is 0 Å². The molecule has 0 bridgehead atoms. The Bertz CT molecular complexity index is 535. The van der Waals surface area contributed by atoms with E-state index >= 15 is 0 Å². The Kier molecular flexibility index (Phi) is 3.66. The highest BCUT2D eigenvalue weighted by Gasteiger charge is 2.13. The van der Waals surface area contributed by atoms with Crippen LogP contribution in [0.2, 0.25) is 0 Å². The maximum absolute atomic E-state index is 11.4. The van der Waals surface area contributed by atoms with Gasteiger partial charge >= 0.3 is 0 Å². The average molecular weight is 245 g/mol. The van der Waals surface area contributed by atoms with Gasteiger partial charge in [-0.15, -0.1) is 0 Å². The van der Waals surface area contributed by atoms with Crippen LogP contribution in [0.25, 0.3) is 0 Å². The van der Waals surface area contributed by atoms with E-state index in [1.807, 2.05) is 0 Å². The molecule has 0 aliphatic carbocycles. The standard InChI is InChI=1S/C12H15N5O/c1-2-4-9-7-10(12(13)18)17(16-9)8-11-14-5-3-6-15-11/h3,5-7H,2,4,8H2,1H3,(H2,13,18). The number of carbonyl (C=O) groups is 1. The lowest BCUT2D eigenvalue weighted by molar-refractivity contribution is 0.0990. The summed E-state index contributed by atoms with van der Waals surface area (Å²) in [5, 5.41) is 4.35. The van der Waals surface area contributed by atoms with Crippen molar-refractivity contribution in [3.05, 3.63) is 41.7 Å². The molecule has 6 nitrogen and oxygen atoms in total. The predicted molar refractivity (Wildman–Crippen MR) is 65.9 cm³/mol. The largest absolute Gasteiger partial charge is 0.364 e. The number of nitrogens with two attached hydrogens (primary N) is 1. The topological polar surface area (TPSA) is 86.7 Å². The minimum Gasteiger partial charge on any atom is -0.364 e. The molecule has 94 valence electrons. The Balaban J connectivity index is 2.28. The molecule has 2 N–H and O–H groups in total. The molecule has 6 heteroatoms. The van der Waals surface area contributed by atoms with Crippen LogP contribution >= 0.6 is 0 Å². The molecular formula is C12H15N5O. The molecule has 18 heavy (non-hydrogen) atoms. The van der Waals surface area contributed by atoms with E-state index in [0.717, 1.165) is 18.5 Å². The van der Waals surface area contributed by atoms with Crippen LogP contribution in [0.4, 0.5) is 0 Å².